The van der Waals surface area contributed by atoms with Gasteiger partial charge < -0.3 is 14.9 Å². The summed E-state index contributed by atoms with van der Waals surface area (Å²) in [6.07, 6.45) is 8.23. The van der Waals surface area contributed by atoms with Crippen LogP contribution in [0.25, 0.3) is 0 Å². The number of aliphatic hydroxyl groups excluding tert-OH is 1. The molecule has 136 valence electrons. The molecule has 3 aliphatic rings. The highest BCUT2D eigenvalue weighted by Gasteiger charge is 2.65. The van der Waals surface area contributed by atoms with Crippen LogP contribution in [0.3, 0.4) is 0 Å². The molecule has 4 heteroatoms. The van der Waals surface area contributed by atoms with Crippen molar-refractivity contribution in [3.05, 3.63) is 11.6 Å². The zero-order valence-electron chi connectivity index (χ0n) is 15.5. The maximum Gasteiger partial charge on any atom is 0.306 e. The molecule has 1 aliphatic heterocycles. The molecule has 0 aromatic rings. The van der Waals surface area contributed by atoms with E-state index in [-0.39, 0.29) is 29.5 Å². The zero-order valence-corrected chi connectivity index (χ0v) is 15.5. The molecule has 2 N–H and O–H groups in total. The lowest BCUT2D eigenvalue weighted by Crippen LogP contribution is -2.60. The van der Waals surface area contributed by atoms with E-state index >= 15 is 0 Å². The first-order valence-corrected chi connectivity index (χ1v) is 9.31. The number of ether oxygens (including phenoxy) is 1. The number of carboxylic acids is 1. The van der Waals surface area contributed by atoms with Crippen molar-refractivity contribution < 1.29 is 19.7 Å². The highest BCUT2D eigenvalue weighted by atomic mass is 16.5. The zero-order chi connectivity index (χ0) is 17.8. The number of aliphatic hydroxyl groups is 1. The molecular weight excluding hydrogens is 304 g/mol. The molecule has 4 nitrogen and oxygen atoms in total. The van der Waals surface area contributed by atoms with Crippen LogP contribution in [-0.4, -0.2) is 34.0 Å². The molecule has 1 saturated heterocycles. The van der Waals surface area contributed by atoms with Gasteiger partial charge in [0.15, 0.2) is 0 Å². The average Bonchev–Trinajstić information content (AvgIpc) is 2.83. The number of fused-ring (bicyclic) bond motifs is 2. The first kappa shape index (κ1) is 17.9. The van der Waals surface area contributed by atoms with Crippen LogP contribution in [0.1, 0.15) is 72.6 Å². The van der Waals surface area contributed by atoms with E-state index in [2.05, 4.69) is 26.8 Å². The molecule has 1 spiro atoms. The van der Waals surface area contributed by atoms with E-state index in [4.69, 9.17) is 4.74 Å². The molecule has 0 amide bonds. The summed E-state index contributed by atoms with van der Waals surface area (Å²) in [7, 11) is 0. The molecule has 0 aromatic heterocycles. The van der Waals surface area contributed by atoms with Crippen molar-refractivity contribution in [2.24, 2.45) is 16.7 Å². The first-order chi connectivity index (χ1) is 11.1. The van der Waals surface area contributed by atoms with Crippen LogP contribution in [0, 0.1) is 16.7 Å². The lowest BCUT2D eigenvalue weighted by molar-refractivity contribution is -0.198. The maximum absolute atomic E-state index is 11.3. The number of hydrogen-bond donors (Lipinski definition) is 2. The van der Waals surface area contributed by atoms with E-state index < -0.39 is 11.6 Å². The topological polar surface area (TPSA) is 66.8 Å². The minimum Gasteiger partial charge on any atom is -0.481 e. The fraction of sp³-hybridized carbons (Fsp3) is 0.850. The van der Waals surface area contributed by atoms with Gasteiger partial charge in [0.25, 0.3) is 0 Å². The van der Waals surface area contributed by atoms with Gasteiger partial charge in [-0.05, 0) is 62.9 Å². The molecule has 1 saturated carbocycles. The van der Waals surface area contributed by atoms with E-state index in [0.717, 1.165) is 38.5 Å². The summed E-state index contributed by atoms with van der Waals surface area (Å²) >= 11 is 0. The summed E-state index contributed by atoms with van der Waals surface area (Å²) in [5, 5.41) is 19.4. The van der Waals surface area contributed by atoms with Gasteiger partial charge in [-0.15, -0.1) is 0 Å². The standard InChI is InChI=1S/C20H32O4/c1-14-6-7-15-17(2,13-21)8-5-9-19(15,4)20(14)11-10-18(3,24-20)12-16(22)23/h6,15,21H,5,7-13H2,1-4H3,(H,22,23)/t15-,17-,18-,19-,20+/m1/s1. The van der Waals surface area contributed by atoms with E-state index in [1.807, 2.05) is 6.92 Å². The normalized spacial score (nSPS) is 48.2. The van der Waals surface area contributed by atoms with Crippen LogP contribution in [0.15, 0.2) is 11.6 Å². The minimum absolute atomic E-state index is 0.0438. The van der Waals surface area contributed by atoms with Gasteiger partial charge in [0, 0.05) is 12.0 Å². The van der Waals surface area contributed by atoms with Gasteiger partial charge in [-0.1, -0.05) is 26.3 Å². The number of aliphatic carboxylic acids is 1. The third-order valence-corrected chi connectivity index (χ3v) is 7.59. The van der Waals surface area contributed by atoms with Gasteiger partial charge in [0.1, 0.15) is 0 Å². The molecule has 0 aromatic carbocycles. The van der Waals surface area contributed by atoms with Crippen molar-refractivity contribution in [2.75, 3.05) is 6.61 Å². The fourth-order valence-electron chi connectivity index (χ4n) is 6.19. The smallest absolute Gasteiger partial charge is 0.306 e. The van der Waals surface area contributed by atoms with Gasteiger partial charge in [0.05, 0.1) is 17.6 Å². The van der Waals surface area contributed by atoms with Crippen molar-refractivity contribution in [1.29, 1.82) is 0 Å². The molecule has 3 rings (SSSR count). The third-order valence-electron chi connectivity index (χ3n) is 7.59. The lowest BCUT2D eigenvalue weighted by atomic mass is 9.46. The number of allylic oxidation sites excluding steroid dienone is 1. The van der Waals surface area contributed by atoms with Crippen LogP contribution in [-0.2, 0) is 9.53 Å². The van der Waals surface area contributed by atoms with Gasteiger partial charge >= 0.3 is 5.97 Å². The maximum atomic E-state index is 11.3. The number of carbonyl (C=O) groups is 1. The number of rotatable bonds is 3. The van der Waals surface area contributed by atoms with Crippen molar-refractivity contribution >= 4 is 5.97 Å². The second-order valence-electron chi connectivity index (χ2n) is 9.21. The molecule has 1 heterocycles. The second kappa shape index (κ2) is 5.57. The van der Waals surface area contributed by atoms with E-state index in [9.17, 15) is 15.0 Å². The van der Waals surface area contributed by atoms with Crippen molar-refractivity contribution in [3.8, 4) is 0 Å². The van der Waals surface area contributed by atoms with E-state index in [1.165, 1.54) is 5.57 Å². The molecule has 2 fully saturated rings. The van der Waals surface area contributed by atoms with E-state index in [0.29, 0.717) is 5.92 Å². The molecule has 2 aliphatic carbocycles. The Morgan fingerprint density at radius 3 is 2.58 bits per heavy atom. The number of hydrogen-bond acceptors (Lipinski definition) is 3. The summed E-state index contributed by atoms with van der Waals surface area (Å²) in [5.41, 5.74) is 0.164. The highest BCUT2D eigenvalue weighted by molar-refractivity contribution is 5.68. The molecule has 0 unspecified atom stereocenters. The van der Waals surface area contributed by atoms with Gasteiger partial charge in [-0.3, -0.25) is 4.79 Å². The van der Waals surface area contributed by atoms with Crippen LogP contribution >= 0.6 is 0 Å². The summed E-state index contributed by atoms with van der Waals surface area (Å²) in [6, 6.07) is 0. The van der Waals surface area contributed by atoms with Crippen LogP contribution in [0.5, 0.6) is 0 Å². The Morgan fingerprint density at radius 1 is 1.25 bits per heavy atom. The van der Waals surface area contributed by atoms with Crippen molar-refractivity contribution in [2.45, 2.75) is 83.8 Å². The molecule has 0 radical (unpaired) electrons. The first-order valence-electron chi connectivity index (χ1n) is 9.31. The minimum atomic E-state index is -0.794. The Morgan fingerprint density at radius 2 is 1.96 bits per heavy atom. The van der Waals surface area contributed by atoms with Gasteiger partial charge in [-0.25, -0.2) is 0 Å². The van der Waals surface area contributed by atoms with Crippen LogP contribution in [0.4, 0.5) is 0 Å². The molecular formula is C20H32O4. The van der Waals surface area contributed by atoms with E-state index in [1.54, 1.807) is 0 Å². The quantitative estimate of drug-likeness (QED) is 0.767. The molecule has 5 atom stereocenters. The Balaban J connectivity index is 2.02. The summed E-state index contributed by atoms with van der Waals surface area (Å²) in [4.78, 5) is 11.3. The third kappa shape index (κ3) is 2.37. The number of carboxylic acid groups (broad SMARTS) is 1. The monoisotopic (exact) mass is 336 g/mol. The lowest BCUT2D eigenvalue weighted by Gasteiger charge is -2.61. The highest BCUT2D eigenvalue weighted by Crippen LogP contribution is 2.66. The Hall–Kier alpha value is -0.870. The van der Waals surface area contributed by atoms with Gasteiger partial charge in [0.2, 0.25) is 0 Å². The Labute approximate surface area is 145 Å². The van der Waals surface area contributed by atoms with Crippen molar-refractivity contribution in [1.82, 2.24) is 0 Å². The largest absolute Gasteiger partial charge is 0.481 e. The van der Waals surface area contributed by atoms with Crippen LogP contribution in [0.2, 0.25) is 0 Å². The predicted octanol–water partition coefficient (Wildman–Crippen LogP) is 3.92. The predicted molar refractivity (Wildman–Crippen MR) is 92.7 cm³/mol. The Kier molecular flexibility index (Phi) is 4.16. The SMILES string of the molecule is CC1=CC[C@@H]2[C@@](C)(CO)CCC[C@@]2(C)[C@]12CC[C@](C)(CC(=O)O)O2. The summed E-state index contributed by atoms with van der Waals surface area (Å²) in [6.45, 7) is 8.85. The summed E-state index contributed by atoms with van der Waals surface area (Å²) < 4.78 is 6.68. The van der Waals surface area contributed by atoms with Gasteiger partial charge in [-0.2, -0.15) is 0 Å². The Bertz CT molecular complexity index is 570. The summed E-state index contributed by atoms with van der Waals surface area (Å²) in [5.74, 6) is -0.419. The second-order valence-corrected chi connectivity index (χ2v) is 9.21. The van der Waals surface area contributed by atoms with Crippen LogP contribution < -0.4 is 0 Å². The average molecular weight is 336 g/mol. The van der Waals surface area contributed by atoms with Crippen molar-refractivity contribution in [3.63, 3.8) is 0 Å². The molecule has 24 heavy (non-hydrogen) atoms. The molecule has 0 bridgehead atoms. The fourth-order valence-corrected chi connectivity index (χ4v) is 6.19.